The molecule has 122 valence electrons. The Bertz CT molecular complexity index is 613. The summed E-state index contributed by atoms with van der Waals surface area (Å²) in [5, 5.41) is 5.59. The van der Waals surface area contributed by atoms with Crippen molar-refractivity contribution in [2.45, 2.75) is 30.7 Å². The number of anilines is 1. The number of carbonyl (C=O) groups is 1. The molecule has 1 aromatic rings. The summed E-state index contributed by atoms with van der Waals surface area (Å²) in [4.78, 5) is 14.5. The van der Waals surface area contributed by atoms with Gasteiger partial charge in [0.2, 0.25) is 0 Å². The molecule has 0 radical (unpaired) electrons. The van der Waals surface area contributed by atoms with Crippen LogP contribution in [0.3, 0.4) is 0 Å². The van der Waals surface area contributed by atoms with Crippen molar-refractivity contribution in [3.05, 3.63) is 24.3 Å². The van der Waals surface area contributed by atoms with Crippen LogP contribution in [0.5, 0.6) is 0 Å². The second kappa shape index (κ2) is 7.11. The van der Waals surface area contributed by atoms with Gasteiger partial charge in [-0.15, -0.1) is 0 Å². The fourth-order valence-corrected chi connectivity index (χ4v) is 3.34. The number of sulfone groups is 1. The lowest BCUT2D eigenvalue weighted by atomic mass is 10.2. The van der Waals surface area contributed by atoms with Crippen molar-refractivity contribution in [2.24, 2.45) is 0 Å². The Kier molecular flexibility index (Phi) is 5.42. The first-order chi connectivity index (χ1) is 10.4. The smallest absolute Gasteiger partial charge is 0.319 e. The topological polar surface area (TPSA) is 78.5 Å². The third-order valence-corrected chi connectivity index (χ3v) is 5.07. The van der Waals surface area contributed by atoms with Crippen molar-refractivity contribution in [1.29, 1.82) is 0 Å². The lowest BCUT2D eigenvalue weighted by Gasteiger charge is -2.22. The molecule has 1 aliphatic heterocycles. The fraction of sp³-hybridized carbons (Fsp3) is 0.533. The number of likely N-dealkylation sites (tertiary alicyclic amines) is 1. The average molecular weight is 325 g/mol. The number of likely N-dealkylation sites (N-methyl/N-ethyl adjacent to an activating group) is 1. The number of benzene rings is 1. The summed E-state index contributed by atoms with van der Waals surface area (Å²) in [6.07, 6.45) is 3.44. The number of nitrogens with zero attached hydrogens (tertiary/aromatic N) is 1. The predicted molar refractivity (Wildman–Crippen MR) is 86.8 cm³/mol. The summed E-state index contributed by atoms with van der Waals surface area (Å²) in [6, 6.07) is 6.29. The molecular weight excluding hydrogens is 302 g/mol. The number of urea groups is 1. The highest BCUT2D eigenvalue weighted by molar-refractivity contribution is 7.90. The van der Waals surface area contributed by atoms with Gasteiger partial charge in [-0.1, -0.05) is 6.92 Å². The van der Waals surface area contributed by atoms with Crippen molar-refractivity contribution in [3.63, 3.8) is 0 Å². The molecule has 22 heavy (non-hydrogen) atoms. The van der Waals surface area contributed by atoms with Crippen LogP contribution in [0.25, 0.3) is 0 Å². The highest BCUT2D eigenvalue weighted by atomic mass is 32.2. The van der Waals surface area contributed by atoms with E-state index >= 15 is 0 Å². The van der Waals surface area contributed by atoms with E-state index in [1.807, 2.05) is 0 Å². The van der Waals surface area contributed by atoms with E-state index < -0.39 is 9.84 Å². The molecule has 2 amide bonds. The van der Waals surface area contributed by atoms with Gasteiger partial charge in [0.15, 0.2) is 9.84 Å². The molecule has 1 atom stereocenters. The molecule has 6 nitrogen and oxygen atoms in total. The first-order valence-electron chi connectivity index (χ1n) is 7.49. The van der Waals surface area contributed by atoms with E-state index in [9.17, 15) is 13.2 Å². The summed E-state index contributed by atoms with van der Waals surface area (Å²) in [6.45, 7) is 4.85. The SMILES string of the molecule is CCN1CCCC1CNC(=O)Nc1ccc(S(C)(=O)=O)cc1. The normalized spacial score (nSPS) is 19.1. The number of amides is 2. The van der Waals surface area contributed by atoms with E-state index in [-0.39, 0.29) is 10.9 Å². The molecule has 1 heterocycles. The Balaban J connectivity index is 1.84. The molecule has 0 bridgehead atoms. The van der Waals surface area contributed by atoms with Gasteiger partial charge in [0.25, 0.3) is 0 Å². The maximum absolute atomic E-state index is 11.9. The van der Waals surface area contributed by atoms with Crippen LogP contribution in [0.4, 0.5) is 10.5 Å². The van der Waals surface area contributed by atoms with E-state index in [1.54, 1.807) is 12.1 Å². The van der Waals surface area contributed by atoms with Crippen molar-refractivity contribution < 1.29 is 13.2 Å². The average Bonchev–Trinajstić information content (AvgIpc) is 2.92. The van der Waals surface area contributed by atoms with Crippen molar-refractivity contribution in [3.8, 4) is 0 Å². The summed E-state index contributed by atoms with van der Waals surface area (Å²) in [7, 11) is -3.21. The van der Waals surface area contributed by atoms with Gasteiger partial charge < -0.3 is 10.6 Å². The number of carbonyl (C=O) groups excluding carboxylic acids is 1. The Morgan fingerprint density at radius 3 is 2.59 bits per heavy atom. The van der Waals surface area contributed by atoms with Crippen LogP contribution in [0.15, 0.2) is 29.2 Å². The lowest BCUT2D eigenvalue weighted by molar-refractivity contribution is 0.238. The molecule has 7 heteroatoms. The quantitative estimate of drug-likeness (QED) is 0.863. The lowest BCUT2D eigenvalue weighted by Crippen LogP contribution is -2.41. The minimum absolute atomic E-state index is 0.239. The van der Waals surface area contributed by atoms with Gasteiger partial charge in [-0.3, -0.25) is 4.90 Å². The maximum atomic E-state index is 11.9. The monoisotopic (exact) mass is 325 g/mol. The minimum Gasteiger partial charge on any atom is -0.336 e. The maximum Gasteiger partial charge on any atom is 0.319 e. The van der Waals surface area contributed by atoms with E-state index in [0.717, 1.165) is 25.8 Å². The zero-order chi connectivity index (χ0) is 16.2. The summed E-state index contributed by atoms with van der Waals surface area (Å²) >= 11 is 0. The second-order valence-corrected chi connectivity index (χ2v) is 7.57. The number of nitrogens with one attached hydrogen (secondary N) is 2. The highest BCUT2D eigenvalue weighted by Gasteiger charge is 2.23. The molecular formula is C15H23N3O3S. The van der Waals surface area contributed by atoms with Gasteiger partial charge in [0.1, 0.15) is 0 Å². The van der Waals surface area contributed by atoms with Crippen LogP contribution < -0.4 is 10.6 Å². The fourth-order valence-electron chi connectivity index (χ4n) is 2.71. The molecule has 2 rings (SSSR count). The highest BCUT2D eigenvalue weighted by Crippen LogP contribution is 2.16. The van der Waals surface area contributed by atoms with Gasteiger partial charge in [0, 0.05) is 24.5 Å². The molecule has 1 unspecified atom stereocenters. The van der Waals surface area contributed by atoms with Crippen molar-refractivity contribution in [2.75, 3.05) is 31.2 Å². The first-order valence-corrected chi connectivity index (χ1v) is 9.38. The molecule has 0 aliphatic carbocycles. The Morgan fingerprint density at radius 2 is 2.00 bits per heavy atom. The summed E-state index contributed by atoms with van der Waals surface area (Å²) < 4.78 is 22.7. The molecule has 0 saturated carbocycles. The van der Waals surface area contributed by atoms with Crippen LogP contribution in [0.2, 0.25) is 0 Å². The number of hydrogen-bond donors (Lipinski definition) is 2. The molecule has 1 aromatic carbocycles. The predicted octanol–water partition coefficient (Wildman–Crippen LogP) is 1.70. The van der Waals surface area contributed by atoms with Crippen molar-refractivity contribution in [1.82, 2.24) is 10.2 Å². The van der Waals surface area contributed by atoms with Gasteiger partial charge in [-0.05, 0) is 50.2 Å². The summed E-state index contributed by atoms with van der Waals surface area (Å²) in [5.41, 5.74) is 0.573. The molecule has 1 saturated heterocycles. The van der Waals surface area contributed by atoms with Crippen LogP contribution in [0, 0.1) is 0 Å². The second-order valence-electron chi connectivity index (χ2n) is 5.56. The number of rotatable bonds is 5. The van der Waals surface area contributed by atoms with Crippen LogP contribution in [-0.4, -0.2) is 51.3 Å². The molecule has 0 spiro atoms. The van der Waals surface area contributed by atoms with E-state index in [1.165, 1.54) is 18.6 Å². The molecule has 1 aliphatic rings. The molecule has 0 aromatic heterocycles. The van der Waals surface area contributed by atoms with Gasteiger partial charge in [0.05, 0.1) is 4.90 Å². The van der Waals surface area contributed by atoms with Gasteiger partial charge in [-0.25, -0.2) is 13.2 Å². The third kappa shape index (κ3) is 4.45. The Morgan fingerprint density at radius 1 is 1.32 bits per heavy atom. The first kappa shape index (κ1) is 16.8. The van der Waals surface area contributed by atoms with E-state index in [2.05, 4.69) is 22.5 Å². The zero-order valence-electron chi connectivity index (χ0n) is 13.0. The Hall–Kier alpha value is -1.60. The minimum atomic E-state index is -3.21. The van der Waals surface area contributed by atoms with Gasteiger partial charge >= 0.3 is 6.03 Å². The Labute approximate surface area is 131 Å². The summed E-state index contributed by atoms with van der Waals surface area (Å²) in [5.74, 6) is 0. The van der Waals surface area contributed by atoms with Gasteiger partial charge in [-0.2, -0.15) is 0 Å². The molecule has 2 N–H and O–H groups in total. The largest absolute Gasteiger partial charge is 0.336 e. The zero-order valence-corrected chi connectivity index (χ0v) is 13.8. The third-order valence-electron chi connectivity index (χ3n) is 3.94. The van der Waals surface area contributed by atoms with Crippen LogP contribution >= 0.6 is 0 Å². The number of hydrogen-bond acceptors (Lipinski definition) is 4. The standard InChI is InChI=1S/C15H23N3O3S/c1-3-18-10-4-5-13(18)11-16-15(19)17-12-6-8-14(9-7-12)22(2,20)21/h6-9,13H,3-5,10-11H2,1-2H3,(H2,16,17,19). The molecule has 1 fully saturated rings. The van der Waals surface area contributed by atoms with E-state index in [0.29, 0.717) is 18.3 Å². The van der Waals surface area contributed by atoms with Crippen molar-refractivity contribution >= 4 is 21.6 Å². The van der Waals surface area contributed by atoms with Crippen LogP contribution in [0.1, 0.15) is 19.8 Å². The van der Waals surface area contributed by atoms with Crippen LogP contribution in [-0.2, 0) is 9.84 Å². The van der Waals surface area contributed by atoms with E-state index in [4.69, 9.17) is 0 Å².